The molecule has 6 heteroatoms. The van der Waals surface area contributed by atoms with Crippen LogP contribution in [0.2, 0.25) is 0 Å². The summed E-state index contributed by atoms with van der Waals surface area (Å²) in [6.07, 6.45) is 1.95. The molecule has 0 radical (unpaired) electrons. The minimum absolute atomic E-state index is 0.0620. The number of amides is 1. The van der Waals surface area contributed by atoms with Crippen LogP contribution < -0.4 is 4.74 Å². The highest BCUT2D eigenvalue weighted by Crippen LogP contribution is 2.25. The van der Waals surface area contributed by atoms with Gasteiger partial charge in [0.05, 0.1) is 0 Å². The molecule has 1 fully saturated rings. The number of furan rings is 1. The Morgan fingerprint density at radius 3 is 2.52 bits per heavy atom. The fourth-order valence-electron chi connectivity index (χ4n) is 3.32. The molecule has 6 nitrogen and oxygen atoms in total. The number of carboxylic acid groups (broad SMARTS) is 1. The second kappa shape index (κ2) is 7.86. The van der Waals surface area contributed by atoms with Gasteiger partial charge in [-0.1, -0.05) is 19.1 Å². The smallest absolute Gasteiger partial charge is 0.339 e. The Morgan fingerprint density at radius 2 is 1.93 bits per heavy atom. The van der Waals surface area contributed by atoms with Crippen LogP contribution in [0, 0.1) is 13.8 Å². The number of aryl methyl sites for hydroxylation is 3. The van der Waals surface area contributed by atoms with Gasteiger partial charge >= 0.3 is 5.97 Å². The molecule has 0 bridgehead atoms. The summed E-state index contributed by atoms with van der Waals surface area (Å²) in [6, 6.07) is 7.48. The molecular formula is C21H25NO5. The van der Waals surface area contributed by atoms with Crippen LogP contribution >= 0.6 is 0 Å². The van der Waals surface area contributed by atoms with E-state index in [1.54, 1.807) is 11.8 Å². The third-order valence-corrected chi connectivity index (χ3v) is 4.94. The van der Waals surface area contributed by atoms with Crippen LogP contribution in [-0.4, -0.2) is 41.1 Å². The van der Waals surface area contributed by atoms with E-state index in [1.807, 2.05) is 26.0 Å². The van der Waals surface area contributed by atoms with E-state index in [2.05, 4.69) is 6.07 Å². The molecule has 0 unspecified atom stereocenters. The van der Waals surface area contributed by atoms with Crippen molar-refractivity contribution in [1.82, 2.24) is 4.90 Å². The molecule has 144 valence electrons. The summed E-state index contributed by atoms with van der Waals surface area (Å²) in [5, 5.41) is 9.22. The first kappa shape index (κ1) is 19.0. The number of benzene rings is 1. The number of hydrogen-bond donors (Lipinski definition) is 1. The Hall–Kier alpha value is -2.76. The van der Waals surface area contributed by atoms with Crippen LogP contribution in [0.1, 0.15) is 57.6 Å². The van der Waals surface area contributed by atoms with Crippen LogP contribution in [-0.2, 0) is 6.42 Å². The SMILES string of the molecule is CCc1oc(C(=O)N2CCC(Oc3cc(C)ccc3C)CC2)cc1C(=O)O. The van der Waals surface area contributed by atoms with E-state index < -0.39 is 5.97 Å². The Balaban J connectivity index is 1.62. The molecule has 3 rings (SSSR count). The van der Waals surface area contributed by atoms with Gasteiger partial charge in [-0.3, -0.25) is 4.79 Å². The van der Waals surface area contributed by atoms with E-state index in [4.69, 9.17) is 9.15 Å². The Morgan fingerprint density at radius 1 is 1.22 bits per heavy atom. The van der Waals surface area contributed by atoms with Crippen molar-refractivity contribution < 1.29 is 23.8 Å². The largest absolute Gasteiger partial charge is 0.490 e. The van der Waals surface area contributed by atoms with Crippen molar-refractivity contribution in [3.8, 4) is 5.75 Å². The number of aromatic carboxylic acids is 1. The average molecular weight is 371 g/mol. The topological polar surface area (TPSA) is 80.0 Å². The Kier molecular flexibility index (Phi) is 5.54. The number of nitrogens with zero attached hydrogens (tertiary/aromatic N) is 1. The fourth-order valence-corrected chi connectivity index (χ4v) is 3.32. The van der Waals surface area contributed by atoms with E-state index in [1.165, 1.54) is 6.07 Å². The summed E-state index contributed by atoms with van der Waals surface area (Å²) in [5.74, 6) is -0.0145. The van der Waals surface area contributed by atoms with Crippen molar-refractivity contribution in [2.45, 2.75) is 46.1 Å². The fraction of sp³-hybridized carbons (Fsp3) is 0.429. The Labute approximate surface area is 158 Å². The predicted molar refractivity (Wildman–Crippen MR) is 101 cm³/mol. The third-order valence-electron chi connectivity index (χ3n) is 4.94. The second-order valence-electron chi connectivity index (χ2n) is 6.98. The maximum atomic E-state index is 12.7. The van der Waals surface area contributed by atoms with Crippen molar-refractivity contribution in [2.24, 2.45) is 0 Å². The highest BCUT2D eigenvalue weighted by atomic mass is 16.5. The molecular weight excluding hydrogens is 346 g/mol. The summed E-state index contributed by atoms with van der Waals surface area (Å²) < 4.78 is 11.6. The van der Waals surface area contributed by atoms with Crippen LogP contribution in [0.15, 0.2) is 28.7 Å². The van der Waals surface area contributed by atoms with Crippen molar-refractivity contribution in [3.63, 3.8) is 0 Å². The zero-order valence-corrected chi connectivity index (χ0v) is 15.9. The van der Waals surface area contributed by atoms with Gasteiger partial charge < -0.3 is 19.2 Å². The maximum absolute atomic E-state index is 12.7. The lowest BCUT2D eigenvalue weighted by Gasteiger charge is -2.32. The molecule has 1 N–H and O–H groups in total. The van der Waals surface area contributed by atoms with Crippen molar-refractivity contribution in [3.05, 3.63) is 52.5 Å². The molecule has 0 atom stereocenters. The van der Waals surface area contributed by atoms with E-state index in [0.29, 0.717) is 25.3 Å². The van der Waals surface area contributed by atoms with Gasteiger partial charge in [-0.2, -0.15) is 0 Å². The molecule has 27 heavy (non-hydrogen) atoms. The van der Waals surface area contributed by atoms with E-state index in [9.17, 15) is 14.7 Å². The van der Waals surface area contributed by atoms with Crippen molar-refractivity contribution in [1.29, 1.82) is 0 Å². The molecule has 1 saturated heterocycles. The summed E-state index contributed by atoms with van der Waals surface area (Å²) >= 11 is 0. The number of rotatable bonds is 5. The molecule has 1 aliphatic rings. The summed E-state index contributed by atoms with van der Waals surface area (Å²) in [4.78, 5) is 25.6. The number of ether oxygens (including phenoxy) is 1. The van der Waals surface area contributed by atoms with Gasteiger partial charge in [0.15, 0.2) is 5.76 Å². The quantitative estimate of drug-likeness (QED) is 0.864. The average Bonchev–Trinajstić information content (AvgIpc) is 3.09. The predicted octanol–water partition coefficient (Wildman–Crippen LogP) is 3.84. The molecule has 1 aromatic carbocycles. The van der Waals surface area contributed by atoms with Gasteiger partial charge in [0.2, 0.25) is 0 Å². The molecule has 1 aromatic heterocycles. The van der Waals surface area contributed by atoms with Gasteiger partial charge in [0, 0.05) is 38.4 Å². The molecule has 0 saturated carbocycles. The second-order valence-corrected chi connectivity index (χ2v) is 6.98. The first-order chi connectivity index (χ1) is 12.9. The number of carboxylic acids is 1. The summed E-state index contributed by atoms with van der Waals surface area (Å²) in [7, 11) is 0. The minimum Gasteiger partial charge on any atom is -0.490 e. The lowest BCUT2D eigenvalue weighted by molar-refractivity contribution is 0.0563. The molecule has 2 aromatic rings. The lowest BCUT2D eigenvalue weighted by atomic mass is 10.1. The number of hydrogen-bond acceptors (Lipinski definition) is 4. The van der Waals surface area contributed by atoms with E-state index in [-0.39, 0.29) is 23.3 Å². The molecule has 2 heterocycles. The number of piperidine rings is 1. The highest BCUT2D eigenvalue weighted by molar-refractivity contribution is 5.96. The molecule has 0 aliphatic carbocycles. The van der Waals surface area contributed by atoms with Crippen LogP contribution in [0.25, 0.3) is 0 Å². The molecule has 1 amide bonds. The van der Waals surface area contributed by atoms with Gasteiger partial charge in [-0.25, -0.2) is 4.79 Å². The zero-order chi connectivity index (χ0) is 19.6. The Bertz CT molecular complexity index is 846. The first-order valence-corrected chi connectivity index (χ1v) is 9.28. The first-order valence-electron chi connectivity index (χ1n) is 9.28. The van der Waals surface area contributed by atoms with Gasteiger partial charge in [0.25, 0.3) is 5.91 Å². The van der Waals surface area contributed by atoms with E-state index in [0.717, 1.165) is 29.7 Å². The normalized spacial score (nSPS) is 15.0. The van der Waals surface area contributed by atoms with E-state index >= 15 is 0 Å². The van der Waals surface area contributed by atoms with Crippen molar-refractivity contribution in [2.75, 3.05) is 13.1 Å². The maximum Gasteiger partial charge on any atom is 0.339 e. The van der Waals surface area contributed by atoms with Crippen molar-refractivity contribution >= 4 is 11.9 Å². The lowest BCUT2D eigenvalue weighted by Crippen LogP contribution is -2.41. The van der Waals surface area contributed by atoms with Gasteiger partial charge in [-0.15, -0.1) is 0 Å². The minimum atomic E-state index is -1.07. The third kappa shape index (κ3) is 4.15. The zero-order valence-electron chi connectivity index (χ0n) is 15.9. The van der Waals surface area contributed by atoms with Gasteiger partial charge in [-0.05, 0) is 31.0 Å². The number of carbonyl (C=O) groups excluding carboxylic acids is 1. The molecule has 1 aliphatic heterocycles. The van der Waals surface area contributed by atoms with Crippen LogP contribution in [0.3, 0.4) is 0 Å². The summed E-state index contributed by atoms with van der Waals surface area (Å²) in [6.45, 7) is 6.97. The number of carbonyl (C=O) groups is 2. The number of likely N-dealkylation sites (tertiary alicyclic amines) is 1. The highest BCUT2D eigenvalue weighted by Gasteiger charge is 2.28. The standard InChI is InChI=1S/C21H25NO5/c1-4-17-16(21(24)25)12-19(27-17)20(23)22-9-7-15(8-10-22)26-18-11-13(2)5-6-14(18)3/h5-6,11-12,15H,4,7-10H2,1-3H3,(H,24,25). The summed E-state index contributed by atoms with van der Waals surface area (Å²) in [5.41, 5.74) is 2.32. The van der Waals surface area contributed by atoms with Crippen LogP contribution in [0.5, 0.6) is 5.75 Å². The molecule has 0 spiro atoms. The van der Waals surface area contributed by atoms with Crippen LogP contribution in [0.4, 0.5) is 0 Å². The monoisotopic (exact) mass is 371 g/mol. The van der Waals surface area contributed by atoms with Gasteiger partial charge in [0.1, 0.15) is 23.2 Å².